The molecule has 5 nitrogen and oxygen atoms in total. The molecule has 1 aliphatic carbocycles. The quantitative estimate of drug-likeness (QED) is 0.873. The summed E-state index contributed by atoms with van der Waals surface area (Å²) in [6.07, 6.45) is 5.96. The summed E-state index contributed by atoms with van der Waals surface area (Å²) >= 11 is 0. The van der Waals surface area contributed by atoms with Crippen LogP contribution in [0.2, 0.25) is 0 Å². The summed E-state index contributed by atoms with van der Waals surface area (Å²) < 4.78 is 5.40. The van der Waals surface area contributed by atoms with Crippen molar-refractivity contribution in [3.8, 4) is 0 Å². The number of aryl methyl sites for hydroxylation is 1. The molecule has 0 saturated heterocycles. The van der Waals surface area contributed by atoms with E-state index in [-0.39, 0.29) is 23.3 Å². The van der Waals surface area contributed by atoms with Gasteiger partial charge in [-0.3, -0.25) is 4.79 Å². The molecule has 2 unspecified atom stereocenters. The number of aromatic carboxylic acids is 1. The monoisotopic (exact) mass is 293 g/mol. The Morgan fingerprint density at radius 1 is 1.33 bits per heavy atom. The maximum atomic E-state index is 12.3. The molecule has 5 heteroatoms. The molecular weight excluding hydrogens is 270 g/mol. The summed E-state index contributed by atoms with van der Waals surface area (Å²) in [5.74, 6) is -0.406. The van der Waals surface area contributed by atoms with Crippen LogP contribution in [0, 0.1) is 5.92 Å². The van der Waals surface area contributed by atoms with Crippen molar-refractivity contribution in [2.75, 3.05) is 0 Å². The predicted octanol–water partition coefficient (Wildman–Crippen LogP) is 3.24. The van der Waals surface area contributed by atoms with E-state index in [1.54, 1.807) is 6.92 Å². The molecule has 2 rings (SSSR count). The van der Waals surface area contributed by atoms with E-state index < -0.39 is 5.97 Å². The van der Waals surface area contributed by atoms with Gasteiger partial charge in [0.25, 0.3) is 5.91 Å². The number of amides is 1. The third kappa shape index (κ3) is 3.46. The molecule has 1 aromatic rings. The molecule has 1 heterocycles. The van der Waals surface area contributed by atoms with Gasteiger partial charge in [-0.25, -0.2) is 4.79 Å². The molecule has 0 bridgehead atoms. The van der Waals surface area contributed by atoms with E-state index in [2.05, 4.69) is 12.2 Å². The highest BCUT2D eigenvalue weighted by Gasteiger charge is 2.27. The van der Waals surface area contributed by atoms with E-state index in [9.17, 15) is 9.59 Å². The molecule has 0 aliphatic heterocycles. The molecule has 116 valence electrons. The number of nitrogens with one attached hydrogen (secondary N) is 1. The smallest absolute Gasteiger partial charge is 0.339 e. The highest BCUT2D eigenvalue weighted by Crippen LogP contribution is 2.27. The Labute approximate surface area is 124 Å². The second kappa shape index (κ2) is 6.78. The molecule has 0 spiro atoms. The second-order valence-corrected chi connectivity index (χ2v) is 5.64. The lowest BCUT2D eigenvalue weighted by atomic mass is 9.83. The molecule has 1 aromatic heterocycles. The summed E-state index contributed by atoms with van der Waals surface area (Å²) in [7, 11) is 0. The van der Waals surface area contributed by atoms with E-state index in [1.807, 2.05) is 0 Å². The number of carbonyl (C=O) groups excluding carboxylic acids is 1. The average molecular weight is 293 g/mol. The van der Waals surface area contributed by atoms with Crippen molar-refractivity contribution < 1.29 is 19.1 Å². The van der Waals surface area contributed by atoms with Crippen molar-refractivity contribution in [3.63, 3.8) is 0 Å². The number of hydrogen-bond donors (Lipinski definition) is 2. The molecule has 0 aromatic carbocycles. The third-order valence-corrected chi connectivity index (χ3v) is 4.33. The Morgan fingerprint density at radius 3 is 2.62 bits per heavy atom. The molecule has 2 N–H and O–H groups in total. The first-order chi connectivity index (χ1) is 10.1. The minimum Gasteiger partial charge on any atom is -0.478 e. The average Bonchev–Trinajstić information content (AvgIpc) is 2.92. The van der Waals surface area contributed by atoms with Crippen LogP contribution in [0.1, 0.15) is 72.6 Å². The molecule has 0 radical (unpaired) electrons. The molecule has 21 heavy (non-hydrogen) atoms. The van der Waals surface area contributed by atoms with Crippen molar-refractivity contribution >= 4 is 11.9 Å². The summed E-state index contributed by atoms with van der Waals surface area (Å²) in [6, 6.07) is 1.50. The van der Waals surface area contributed by atoms with E-state index in [4.69, 9.17) is 9.52 Å². The van der Waals surface area contributed by atoms with Crippen molar-refractivity contribution in [1.82, 2.24) is 5.32 Å². The van der Waals surface area contributed by atoms with E-state index >= 15 is 0 Å². The number of carbonyl (C=O) groups is 2. The van der Waals surface area contributed by atoms with Gasteiger partial charge in [-0.05, 0) is 18.8 Å². The maximum Gasteiger partial charge on any atom is 0.339 e. The van der Waals surface area contributed by atoms with Crippen molar-refractivity contribution in [3.05, 3.63) is 23.2 Å². The van der Waals surface area contributed by atoms with Gasteiger partial charge in [-0.1, -0.05) is 33.1 Å². The van der Waals surface area contributed by atoms with Crippen LogP contribution < -0.4 is 5.32 Å². The van der Waals surface area contributed by atoms with Gasteiger partial charge in [0.15, 0.2) is 5.76 Å². The number of hydrogen-bond acceptors (Lipinski definition) is 3. The Hall–Kier alpha value is -1.78. The van der Waals surface area contributed by atoms with Gasteiger partial charge < -0.3 is 14.8 Å². The minimum absolute atomic E-state index is 0.0818. The molecule has 1 saturated carbocycles. The van der Waals surface area contributed by atoms with Crippen LogP contribution in [0.4, 0.5) is 0 Å². The zero-order valence-corrected chi connectivity index (χ0v) is 12.6. The summed E-state index contributed by atoms with van der Waals surface area (Å²) in [6.45, 7) is 3.95. The van der Waals surface area contributed by atoms with Crippen LogP contribution in [0.15, 0.2) is 10.5 Å². The van der Waals surface area contributed by atoms with Crippen LogP contribution in [0.25, 0.3) is 0 Å². The highest BCUT2D eigenvalue weighted by molar-refractivity contribution is 5.96. The first kappa shape index (κ1) is 15.6. The highest BCUT2D eigenvalue weighted by atomic mass is 16.4. The first-order valence-electron chi connectivity index (χ1n) is 7.73. The van der Waals surface area contributed by atoms with Gasteiger partial charge in [0.05, 0.1) is 0 Å². The lowest BCUT2D eigenvalue weighted by Crippen LogP contribution is -2.41. The predicted molar refractivity (Wildman–Crippen MR) is 78.5 cm³/mol. The second-order valence-electron chi connectivity index (χ2n) is 5.64. The lowest BCUT2D eigenvalue weighted by Gasteiger charge is -2.31. The van der Waals surface area contributed by atoms with Gasteiger partial charge in [0.2, 0.25) is 0 Å². The summed E-state index contributed by atoms with van der Waals surface area (Å²) in [5, 5.41) is 12.1. The largest absolute Gasteiger partial charge is 0.478 e. The van der Waals surface area contributed by atoms with E-state index in [0.29, 0.717) is 18.1 Å². The van der Waals surface area contributed by atoms with Crippen LogP contribution in [0.3, 0.4) is 0 Å². The molecular formula is C16H23NO4. The number of carboxylic acid groups (broad SMARTS) is 1. The standard InChI is InChI=1S/C16H23NO4/c1-3-10-7-5-6-8-12(10)17-15(18)14-9-11(16(19)20)13(4-2)21-14/h9-10,12H,3-8H2,1-2H3,(H,17,18)(H,19,20). The molecule has 2 atom stereocenters. The number of rotatable bonds is 5. The lowest BCUT2D eigenvalue weighted by molar-refractivity contribution is 0.0694. The van der Waals surface area contributed by atoms with Crippen molar-refractivity contribution in [2.24, 2.45) is 5.92 Å². The Bertz CT molecular complexity index is 520. The van der Waals surface area contributed by atoms with Crippen LogP contribution >= 0.6 is 0 Å². The molecule has 1 fully saturated rings. The maximum absolute atomic E-state index is 12.3. The van der Waals surface area contributed by atoms with Gasteiger partial charge in [0.1, 0.15) is 11.3 Å². The third-order valence-electron chi connectivity index (χ3n) is 4.33. The van der Waals surface area contributed by atoms with E-state index in [0.717, 1.165) is 25.7 Å². The first-order valence-corrected chi connectivity index (χ1v) is 7.73. The Morgan fingerprint density at radius 2 is 2.05 bits per heavy atom. The van der Waals surface area contributed by atoms with Crippen LogP contribution in [0.5, 0.6) is 0 Å². The normalized spacial score (nSPS) is 22.0. The van der Waals surface area contributed by atoms with E-state index in [1.165, 1.54) is 12.5 Å². The van der Waals surface area contributed by atoms with Gasteiger partial charge in [-0.2, -0.15) is 0 Å². The van der Waals surface area contributed by atoms with Crippen molar-refractivity contribution in [2.45, 2.75) is 58.4 Å². The molecule has 1 amide bonds. The number of carboxylic acids is 1. The van der Waals surface area contributed by atoms with Gasteiger partial charge in [0, 0.05) is 18.5 Å². The Balaban J connectivity index is 2.11. The summed E-state index contributed by atoms with van der Waals surface area (Å²) in [4.78, 5) is 23.4. The fourth-order valence-electron chi connectivity index (χ4n) is 3.11. The van der Waals surface area contributed by atoms with Crippen LogP contribution in [-0.2, 0) is 6.42 Å². The fraction of sp³-hybridized carbons (Fsp3) is 0.625. The Kier molecular flexibility index (Phi) is 5.04. The SMILES string of the molecule is CCc1oc(C(=O)NC2CCCCC2CC)cc1C(=O)O. The minimum atomic E-state index is -1.06. The summed E-state index contributed by atoms with van der Waals surface area (Å²) in [5.41, 5.74) is 0.0818. The van der Waals surface area contributed by atoms with Gasteiger partial charge >= 0.3 is 5.97 Å². The van der Waals surface area contributed by atoms with Gasteiger partial charge in [-0.15, -0.1) is 0 Å². The van der Waals surface area contributed by atoms with Crippen LogP contribution in [-0.4, -0.2) is 23.0 Å². The topological polar surface area (TPSA) is 79.5 Å². The zero-order chi connectivity index (χ0) is 15.4. The number of furan rings is 1. The fourth-order valence-corrected chi connectivity index (χ4v) is 3.11. The molecule has 1 aliphatic rings. The zero-order valence-electron chi connectivity index (χ0n) is 12.6. The van der Waals surface area contributed by atoms with Crippen molar-refractivity contribution in [1.29, 1.82) is 0 Å².